The fourth-order valence-corrected chi connectivity index (χ4v) is 5.03. The number of hydrogen-bond acceptors (Lipinski definition) is 5. The average Bonchev–Trinajstić information content (AvgIpc) is 3.30. The second kappa shape index (κ2) is 8.79. The van der Waals surface area contributed by atoms with Crippen LogP contribution in [0.25, 0.3) is 0 Å². The number of para-hydroxylation sites is 1. The zero-order valence-corrected chi connectivity index (χ0v) is 18.3. The molecule has 3 aliphatic rings. The molecule has 5 rings (SSSR count). The number of carbonyl (C=O) groups excluding carboxylic acids is 1. The Morgan fingerprint density at radius 1 is 0.968 bits per heavy atom. The molecule has 2 fully saturated rings. The molecule has 2 saturated heterocycles. The third-order valence-electron chi connectivity index (χ3n) is 6.71. The number of carbonyl (C=O) groups is 1. The Morgan fingerprint density at radius 3 is 2.55 bits per heavy atom. The number of fused-ring (bicyclic) bond motifs is 1. The summed E-state index contributed by atoms with van der Waals surface area (Å²) in [6.45, 7) is 8.44. The standard InChI is InChI=1S/C25H31N3O3/c1-19-5-2-3-6-21(19)27-13-11-26(12-14-27)18-25(29)28-10-4-7-22(28)20-8-9-23-24(17-20)31-16-15-30-23/h2-3,5-6,8-9,17,22H,4,7,10-16,18H2,1H3/t22-/m0/s1. The first-order valence-corrected chi connectivity index (χ1v) is 11.4. The maximum absolute atomic E-state index is 13.2. The largest absolute Gasteiger partial charge is 0.486 e. The summed E-state index contributed by atoms with van der Waals surface area (Å²) >= 11 is 0. The number of nitrogens with zero attached hydrogens (tertiary/aromatic N) is 3. The first kappa shape index (κ1) is 20.2. The third-order valence-corrected chi connectivity index (χ3v) is 6.71. The van der Waals surface area contributed by atoms with E-state index in [1.807, 2.05) is 6.07 Å². The van der Waals surface area contributed by atoms with Gasteiger partial charge in [0.05, 0.1) is 12.6 Å². The molecule has 1 amide bonds. The quantitative estimate of drug-likeness (QED) is 0.758. The Balaban J connectivity index is 1.20. The Kier molecular flexibility index (Phi) is 5.72. The summed E-state index contributed by atoms with van der Waals surface area (Å²) in [5.74, 6) is 1.84. The molecule has 0 spiro atoms. The van der Waals surface area contributed by atoms with E-state index in [4.69, 9.17) is 9.47 Å². The molecule has 164 valence electrons. The van der Waals surface area contributed by atoms with Gasteiger partial charge in [0, 0.05) is 38.4 Å². The molecule has 0 aliphatic carbocycles. The van der Waals surface area contributed by atoms with Crippen LogP contribution in [0.1, 0.15) is 30.0 Å². The van der Waals surface area contributed by atoms with Crippen LogP contribution in [0.4, 0.5) is 5.69 Å². The van der Waals surface area contributed by atoms with Gasteiger partial charge in [-0.1, -0.05) is 24.3 Å². The fraction of sp³-hybridized carbons (Fsp3) is 0.480. The van der Waals surface area contributed by atoms with E-state index in [2.05, 4.69) is 58.0 Å². The zero-order valence-electron chi connectivity index (χ0n) is 18.3. The Hall–Kier alpha value is -2.73. The third kappa shape index (κ3) is 4.22. The van der Waals surface area contributed by atoms with Crippen LogP contribution < -0.4 is 14.4 Å². The smallest absolute Gasteiger partial charge is 0.237 e. The number of anilines is 1. The van der Waals surface area contributed by atoms with E-state index >= 15 is 0 Å². The summed E-state index contributed by atoms with van der Waals surface area (Å²) < 4.78 is 11.4. The first-order valence-electron chi connectivity index (χ1n) is 11.4. The van der Waals surface area contributed by atoms with Crippen LogP contribution in [-0.2, 0) is 4.79 Å². The molecule has 2 aromatic rings. The van der Waals surface area contributed by atoms with Crippen molar-refractivity contribution in [2.24, 2.45) is 0 Å². The highest BCUT2D eigenvalue weighted by Gasteiger charge is 2.32. The molecule has 0 N–H and O–H groups in total. The number of amides is 1. The Morgan fingerprint density at radius 2 is 1.74 bits per heavy atom. The number of ether oxygens (including phenoxy) is 2. The lowest BCUT2D eigenvalue weighted by atomic mass is 10.0. The van der Waals surface area contributed by atoms with Gasteiger partial charge in [0.1, 0.15) is 13.2 Å². The summed E-state index contributed by atoms with van der Waals surface area (Å²) in [4.78, 5) is 20.0. The van der Waals surface area contributed by atoms with Crippen molar-refractivity contribution in [3.05, 3.63) is 53.6 Å². The number of piperazine rings is 1. The maximum atomic E-state index is 13.2. The summed E-state index contributed by atoms with van der Waals surface area (Å²) in [5, 5.41) is 0. The molecule has 6 nitrogen and oxygen atoms in total. The second-order valence-corrected chi connectivity index (χ2v) is 8.70. The van der Waals surface area contributed by atoms with E-state index in [1.165, 1.54) is 11.3 Å². The highest BCUT2D eigenvalue weighted by Crippen LogP contribution is 2.38. The monoisotopic (exact) mass is 421 g/mol. The molecule has 3 heterocycles. The maximum Gasteiger partial charge on any atom is 0.237 e. The minimum absolute atomic E-state index is 0.136. The van der Waals surface area contributed by atoms with Crippen molar-refractivity contribution in [2.75, 3.05) is 57.4 Å². The molecule has 0 aromatic heterocycles. The predicted octanol–water partition coefficient (Wildman–Crippen LogP) is 3.25. The van der Waals surface area contributed by atoms with Gasteiger partial charge in [-0.15, -0.1) is 0 Å². The predicted molar refractivity (Wildman–Crippen MR) is 121 cm³/mol. The van der Waals surface area contributed by atoms with Gasteiger partial charge in [0.2, 0.25) is 5.91 Å². The minimum Gasteiger partial charge on any atom is -0.486 e. The van der Waals surface area contributed by atoms with E-state index < -0.39 is 0 Å². The van der Waals surface area contributed by atoms with E-state index in [0.29, 0.717) is 19.8 Å². The van der Waals surface area contributed by atoms with Gasteiger partial charge in [-0.2, -0.15) is 0 Å². The lowest BCUT2D eigenvalue weighted by Gasteiger charge is -2.37. The normalized spacial score (nSPS) is 21.4. The number of aryl methyl sites for hydroxylation is 1. The number of benzene rings is 2. The molecule has 3 aliphatic heterocycles. The SMILES string of the molecule is Cc1ccccc1N1CCN(CC(=O)N2CCC[C@H]2c2ccc3c(c2)OCCO3)CC1. The van der Waals surface area contributed by atoms with Crippen LogP contribution >= 0.6 is 0 Å². The molecular weight excluding hydrogens is 390 g/mol. The molecule has 0 unspecified atom stereocenters. The van der Waals surface area contributed by atoms with Gasteiger partial charge >= 0.3 is 0 Å². The minimum atomic E-state index is 0.136. The highest BCUT2D eigenvalue weighted by molar-refractivity contribution is 5.79. The van der Waals surface area contributed by atoms with Crippen LogP contribution in [0.5, 0.6) is 11.5 Å². The van der Waals surface area contributed by atoms with Gasteiger partial charge in [-0.3, -0.25) is 9.69 Å². The van der Waals surface area contributed by atoms with E-state index in [1.54, 1.807) is 0 Å². The van der Waals surface area contributed by atoms with Gasteiger partial charge < -0.3 is 19.3 Å². The fourth-order valence-electron chi connectivity index (χ4n) is 5.03. The second-order valence-electron chi connectivity index (χ2n) is 8.70. The molecular formula is C25H31N3O3. The van der Waals surface area contributed by atoms with E-state index in [9.17, 15) is 4.79 Å². The molecule has 2 aromatic carbocycles. The Bertz CT molecular complexity index is 939. The van der Waals surface area contributed by atoms with Gasteiger partial charge in [-0.25, -0.2) is 0 Å². The lowest BCUT2D eigenvalue weighted by Crippen LogP contribution is -2.50. The van der Waals surface area contributed by atoms with Crippen molar-refractivity contribution in [1.82, 2.24) is 9.80 Å². The summed E-state index contributed by atoms with van der Waals surface area (Å²) in [7, 11) is 0. The molecule has 0 saturated carbocycles. The highest BCUT2D eigenvalue weighted by atomic mass is 16.6. The van der Waals surface area contributed by atoms with Gasteiger partial charge in [-0.05, 0) is 49.1 Å². The molecule has 0 bridgehead atoms. The molecule has 0 radical (unpaired) electrons. The van der Waals surface area contributed by atoms with Crippen molar-refractivity contribution >= 4 is 11.6 Å². The van der Waals surface area contributed by atoms with Crippen molar-refractivity contribution < 1.29 is 14.3 Å². The van der Waals surface area contributed by atoms with Gasteiger partial charge in [0.25, 0.3) is 0 Å². The number of likely N-dealkylation sites (tertiary alicyclic amines) is 1. The lowest BCUT2D eigenvalue weighted by molar-refractivity contribution is -0.133. The topological polar surface area (TPSA) is 45.2 Å². The van der Waals surface area contributed by atoms with Crippen molar-refractivity contribution in [1.29, 1.82) is 0 Å². The van der Waals surface area contributed by atoms with Gasteiger partial charge in [0.15, 0.2) is 11.5 Å². The summed E-state index contributed by atoms with van der Waals surface area (Å²) in [6.07, 6.45) is 2.05. The van der Waals surface area contributed by atoms with Crippen LogP contribution in [0.15, 0.2) is 42.5 Å². The molecule has 6 heteroatoms. The first-order chi connectivity index (χ1) is 15.2. The van der Waals surface area contributed by atoms with E-state index in [-0.39, 0.29) is 11.9 Å². The molecule has 31 heavy (non-hydrogen) atoms. The summed E-state index contributed by atoms with van der Waals surface area (Å²) in [6, 6.07) is 14.8. The van der Waals surface area contributed by atoms with Crippen molar-refractivity contribution in [3.8, 4) is 11.5 Å². The summed E-state index contributed by atoms with van der Waals surface area (Å²) in [5.41, 5.74) is 3.78. The van der Waals surface area contributed by atoms with E-state index in [0.717, 1.165) is 62.6 Å². The average molecular weight is 422 g/mol. The van der Waals surface area contributed by atoms with Crippen LogP contribution in [0.3, 0.4) is 0 Å². The van der Waals surface area contributed by atoms with Crippen LogP contribution in [-0.4, -0.2) is 68.2 Å². The zero-order chi connectivity index (χ0) is 21.2. The van der Waals surface area contributed by atoms with Crippen LogP contribution in [0, 0.1) is 6.92 Å². The van der Waals surface area contributed by atoms with Crippen LogP contribution in [0.2, 0.25) is 0 Å². The van der Waals surface area contributed by atoms with Crippen molar-refractivity contribution in [2.45, 2.75) is 25.8 Å². The molecule has 1 atom stereocenters. The number of rotatable bonds is 4. The Labute approximate surface area is 184 Å². The van der Waals surface area contributed by atoms with Crippen molar-refractivity contribution in [3.63, 3.8) is 0 Å². The number of hydrogen-bond donors (Lipinski definition) is 0.